The van der Waals surface area contributed by atoms with Gasteiger partial charge in [0.25, 0.3) is 0 Å². The molecule has 0 saturated heterocycles. The van der Waals surface area contributed by atoms with Crippen LogP contribution in [0.25, 0.3) is 0 Å². The minimum atomic E-state index is -0.630. The third-order valence-corrected chi connectivity index (χ3v) is 2.83. The van der Waals surface area contributed by atoms with Crippen molar-refractivity contribution in [3.8, 4) is 0 Å². The molecule has 1 N–H and O–H groups in total. The number of carboxylic acids is 1. The highest BCUT2D eigenvalue weighted by Crippen LogP contribution is 2.20. The fourth-order valence-electron chi connectivity index (χ4n) is 1.79. The first-order valence-electron chi connectivity index (χ1n) is 5.84. The van der Waals surface area contributed by atoms with Crippen molar-refractivity contribution in [2.75, 3.05) is 0 Å². The average Bonchev–Trinajstić information content (AvgIpc) is 2.14. The quantitative estimate of drug-likeness (QED) is 0.606. The van der Waals surface area contributed by atoms with E-state index in [1.807, 2.05) is 6.92 Å². The largest absolute Gasteiger partial charge is 0.481 e. The predicted molar refractivity (Wildman–Crippen MR) is 59.3 cm³/mol. The minimum absolute atomic E-state index is 0.133. The SMILES string of the molecule is CCCCC[C@H](C)C[C@@H](CC)C(=O)O. The molecule has 2 heteroatoms. The number of unbranched alkanes of at least 4 members (excludes halogenated alkanes) is 2. The number of rotatable bonds is 8. The lowest BCUT2D eigenvalue weighted by atomic mass is 9.90. The van der Waals surface area contributed by atoms with E-state index >= 15 is 0 Å². The molecule has 0 aromatic rings. The van der Waals surface area contributed by atoms with Gasteiger partial charge in [-0.25, -0.2) is 0 Å². The molecular formula is C12H24O2. The lowest BCUT2D eigenvalue weighted by molar-refractivity contribution is -0.142. The monoisotopic (exact) mass is 200 g/mol. The van der Waals surface area contributed by atoms with Gasteiger partial charge in [-0.3, -0.25) is 4.79 Å². The number of carboxylic acid groups (broad SMARTS) is 1. The van der Waals surface area contributed by atoms with Crippen LogP contribution in [0.4, 0.5) is 0 Å². The molecule has 0 fully saturated rings. The lowest BCUT2D eigenvalue weighted by Gasteiger charge is -2.15. The molecule has 0 rings (SSSR count). The van der Waals surface area contributed by atoms with Crippen LogP contribution in [0.3, 0.4) is 0 Å². The number of carbonyl (C=O) groups is 1. The van der Waals surface area contributed by atoms with Crippen molar-refractivity contribution in [2.45, 2.75) is 59.3 Å². The van der Waals surface area contributed by atoms with E-state index in [0.29, 0.717) is 5.92 Å². The first-order chi connectivity index (χ1) is 6.61. The van der Waals surface area contributed by atoms with Gasteiger partial charge < -0.3 is 5.11 Å². The Morgan fingerprint density at radius 2 is 1.93 bits per heavy atom. The summed E-state index contributed by atoms with van der Waals surface area (Å²) < 4.78 is 0. The van der Waals surface area contributed by atoms with E-state index in [1.54, 1.807) is 0 Å². The second-order valence-electron chi connectivity index (χ2n) is 4.28. The summed E-state index contributed by atoms with van der Waals surface area (Å²) >= 11 is 0. The van der Waals surface area contributed by atoms with Gasteiger partial charge in [-0.15, -0.1) is 0 Å². The van der Waals surface area contributed by atoms with Gasteiger partial charge in [-0.1, -0.05) is 46.5 Å². The molecule has 0 bridgehead atoms. The van der Waals surface area contributed by atoms with Crippen molar-refractivity contribution in [3.63, 3.8) is 0 Å². The van der Waals surface area contributed by atoms with E-state index in [2.05, 4.69) is 13.8 Å². The Hall–Kier alpha value is -0.530. The molecule has 0 unspecified atom stereocenters. The summed E-state index contributed by atoms with van der Waals surface area (Å²) in [5, 5.41) is 8.89. The first kappa shape index (κ1) is 13.5. The van der Waals surface area contributed by atoms with Gasteiger partial charge in [0.1, 0.15) is 0 Å². The molecule has 0 aliphatic carbocycles. The highest BCUT2D eigenvalue weighted by atomic mass is 16.4. The highest BCUT2D eigenvalue weighted by molar-refractivity contribution is 5.69. The highest BCUT2D eigenvalue weighted by Gasteiger charge is 2.17. The molecule has 0 radical (unpaired) electrons. The van der Waals surface area contributed by atoms with Gasteiger partial charge in [0.05, 0.1) is 5.92 Å². The van der Waals surface area contributed by atoms with Crippen LogP contribution < -0.4 is 0 Å². The Kier molecular flexibility index (Phi) is 7.54. The summed E-state index contributed by atoms with van der Waals surface area (Å²) in [6.45, 7) is 6.32. The molecule has 2 atom stereocenters. The molecule has 84 valence electrons. The van der Waals surface area contributed by atoms with Crippen molar-refractivity contribution in [1.82, 2.24) is 0 Å². The van der Waals surface area contributed by atoms with E-state index in [4.69, 9.17) is 5.11 Å². The summed E-state index contributed by atoms with van der Waals surface area (Å²) in [6.07, 6.45) is 6.53. The van der Waals surface area contributed by atoms with E-state index in [-0.39, 0.29) is 5.92 Å². The maximum atomic E-state index is 10.8. The van der Waals surface area contributed by atoms with E-state index in [0.717, 1.165) is 12.8 Å². The van der Waals surface area contributed by atoms with Crippen molar-refractivity contribution >= 4 is 5.97 Å². The van der Waals surface area contributed by atoms with Crippen LogP contribution in [-0.2, 0) is 4.79 Å². The van der Waals surface area contributed by atoms with Crippen LogP contribution in [0.5, 0.6) is 0 Å². The molecule has 0 aromatic heterocycles. The topological polar surface area (TPSA) is 37.3 Å². The Labute approximate surface area is 87.7 Å². The van der Waals surface area contributed by atoms with Gasteiger partial charge in [0.15, 0.2) is 0 Å². The summed E-state index contributed by atoms with van der Waals surface area (Å²) in [7, 11) is 0. The number of hydrogen-bond acceptors (Lipinski definition) is 1. The average molecular weight is 200 g/mol. The fraction of sp³-hybridized carbons (Fsp3) is 0.917. The van der Waals surface area contributed by atoms with Gasteiger partial charge >= 0.3 is 5.97 Å². The lowest BCUT2D eigenvalue weighted by Crippen LogP contribution is -2.15. The normalized spacial score (nSPS) is 15.1. The van der Waals surface area contributed by atoms with E-state index in [9.17, 15) is 4.79 Å². The zero-order chi connectivity index (χ0) is 11.0. The second kappa shape index (κ2) is 7.84. The third kappa shape index (κ3) is 6.01. The van der Waals surface area contributed by atoms with Crippen molar-refractivity contribution < 1.29 is 9.90 Å². The van der Waals surface area contributed by atoms with Crippen LogP contribution in [0, 0.1) is 11.8 Å². The predicted octanol–water partition coefficient (Wildman–Crippen LogP) is 3.70. The zero-order valence-electron chi connectivity index (χ0n) is 9.75. The molecule has 14 heavy (non-hydrogen) atoms. The fourth-order valence-corrected chi connectivity index (χ4v) is 1.79. The molecule has 0 aliphatic rings. The van der Waals surface area contributed by atoms with Crippen molar-refractivity contribution in [1.29, 1.82) is 0 Å². The molecule has 0 amide bonds. The van der Waals surface area contributed by atoms with Crippen LogP contribution >= 0.6 is 0 Å². The Morgan fingerprint density at radius 1 is 1.29 bits per heavy atom. The Balaban J connectivity index is 3.67. The second-order valence-corrected chi connectivity index (χ2v) is 4.28. The Bertz CT molecular complexity index is 154. The smallest absolute Gasteiger partial charge is 0.306 e. The molecule has 0 spiro atoms. The summed E-state index contributed by atoms with van der Waals surface area (Å²) in [5.41, 5.74) is 0. The minimum Gasteiger partial charge on any atom is -0.481 e. The molecule has 0 heterocycles. The van der Waals surface area contributed by atoms with Crippen LogP contribution in [0.2, 0.25) is 0 Å². The molecule has 2 nitrogen and oxygen atoms in total. The number of hydrogen-bond donors (Lipinski definition) is 1. The van der Waals surface area contributed by atoms with Gasteiger partial charge in [0.2, 0.25) is 0 Å². The molecule has 0 aliphatic heterocycles. The van der Waals surface area contributed by atoms with Crippen LogP contribution in [0.1, 0.15) is 59.3 Å². The van der Waals surface area contributed by atoms with Gasteiger partial charge in [-0.05, 0) is 18.8 Å². The summed E-state index contributed by atoms with van der Waals surface area (Å²) in [4.78, 5) is 10.8. The zero-order valence-corrected chi connectivity index (χ0v) is 9.75. The maximum Gasteiger partial charge on any atom is 0.306 e. The third-order valence-electron chi connectivity index (χ3n) is 2.83. The van der Waals surface area contributed by atoms with Crippen LogP contribution in [-0.4, -0.2) is 11.1 Å². The van der Waals surface area contributed by atoms with Gasteiger partial charge in [0, 0.05) is 0 Å². The summed E-state index contributed by atoms with van der Waals surface area (Å²) in [5.74, 6) is -0.205. The molecule has 0 saturated carbocycles. The van der Waals surface area contributed by atoms with E-state index in [1.165, 1.54) is 25.7 Å². The molecular weight excluding hydrogens is 176 g/mol. The van der Waals surface area contributed by atoms with E-state index < -0.39 is 5.97 Å². The number of aliphatic carboxylic acids is 1. The summed E-state index contributed by atoms with van der Waals surface area (Å²) in [6, 6.07) is 0. The Morgan fingerprint density at radius 3 is 2.36 bits per heavy atom. The molecule has 0 aromatic carbocycles. The van der Waals surface area contributed by atoms with Gasteiger partial charge in [-0.2, -0.15) is 0 Å². The van der Waals surface area contributed by atoms with Crippen molar-refractivity contribution in [2.24, 2.45) is 11.8 Å². The maximum absolute atomic E-state index is 10.8. The van der Waals surface area contributed by atoms with Crippen LogP contribution in [0.15, 0.2) is 0 Å². The standard InChI is InChI=1S/C12H24O2/c1-4-6-7-8-10(3)9-11(5-2)12(13)14/h10-11H,4-9H2,1-3H3,(H,13,14)/t10-,11+/m0/s1. The van der Waals surface area contributed by atoms with Crippen molar-refractivity contribution in [3.05, 3.63) is 0 Å². The first-order valence-corrected chi connectivity index (χ1v) is 5.84.